The highest BCUT2D eigenvalue weighted by atomic mass is 19.1. The zero-order chi connectivity index (χ0) is 13.1. The fraction of sp³-hybridized carbons (Fsp3) is 0.600. The number of nitrogens with one attached hydrogen (secondary N) is 1. The molecule has 1 aliphatic carbocycles. The van der Waals surface area contributed by atoms with Crippen molar-refractivity contribution in [3.8, 4) is 0 Å². The van der Waals surface area contributed by atoms with Gasteiger partial charge < -0.3 is 5.32 Å². The maximum atomic E-state index is 13.4. The molecule has 0 amide bonds. The lowest BCUT2D eigenvalue weighted by Gasteiger charge is -2.34. The van der Waals surface area contributed by atoms with Crippen molar-refractivity contribution < 1.29 is 4.39 Å². The van der Waals surface area contributed by atoms with Gasteiger partial charge in [0.1, 0.15) is 5.82 Å². The monoisotopic (exact) mass is 263 g/mol. The van der Waals surface area contributed by atoms with Crippen LogP contribution in [0.4, 0.5) is 10.1 Å². The molecule has 3 rings (SSSR count). The Morgan fingerprint density at radius 1 is 1.11 bits per heavy atom. The Balaban J connectivity index is 1.37. The van der Waals surface area contributed by atoms with E-state index in [-0.39, 0.29) is 5.82 Å². The van der Waals surface area contributed by atoms with E-state index in [4.69, 9.17) is 0 Å². The topological polar surface area (TPSA) is 18.5 Å². The number of benzene rings is 1. The highest BCUT2D eigenvalue weighted by molar-refractivity contribution is 5.44. The van der Waals surface area contributed by atoms with Crippen LogP contribution in [0.5, 0.6) is 0 Å². The third kappa shape index (κ3) is 3.45. The van der Waals surface area contributed by atoms with Crippen LogP contribution >= 0.6 is 0 Å². The van der Waals surface area contributed by atoms with Crippen molar-refractivity contribution in [1.82, 2.24) is 9.80 Å². The second-order valence-electron chi connectivity index (χ2n) is 5.52. The Bertz CT molecular complexity index is 412. The molecule has 1 aromatic carbocycles. The van der Waals surface area contributed by atoms with E-state index in [9.17, 15) is 4.39 Å². The average molecular weight is 263 g/mol. The molecule has 1 saturated heterocycles. The second-order valence-corrected chi connectivity index (χ2v) is 5.52. The van der Waals surface area contributed by atoms with Crippen LogP contribution in [0.1, 0.15) is 12.8 Å². The summed E-state index contributed by atoms with van der Waals surface area (Å²) in [5.41, 5.74) is 0.610. The highest BCUT2D eigenvalue weighted by Gasteiger charge is 2.30. The molecule has 0 spiro atoms. The Morgan fingerprint density at radius 3 is 2.53 bits per heavy atom. The summed E-state index contributed by atoms with van der Waals surface area (Å²) >= 11 is 0. The summed E-state index contributed by atoms with van der Waals surface area (Å²) in [7, 11) is 0. The van der Waals surface area contributed by atoms with E-state index in [0.29, 0.717) is 5.69 Å². The van der Waals surface area contributed by atoms with Gasteiger partial charge in [0.05, 0.1) is 5.69 Å². The van der Waals surface area contributed by atoms with Crippen LogP contribution in [-0.2, 0) is 0 Å². The number of rotatable bonds is 5. The number of anilines is 1. The van der Waals surface area contributed by atoms with Gasteiger partial charge >= 0.3 is 0 Å². The summed E-state index contributed by atoms with van der Waals surface area (Å²) in [6, 6.07) is 7.76. The predicted octanol–water partition coefficient (Wildman–Crippen LogP) is 2.02. The highest BCUT2D eigenvalue weighted by Crippen LogP contribution is 2.27. The normalized spacial score (nSPS) is 21.5. The SMILES string of the molecule is Fc1ccccc1NCCN1CCN(C2CC2)CC1. The summed E-state index contributed by atoms with van der Waals surface area (Å²) in [6.45, 7) is 6.50. The molecule has 2 aliphatic rings. The first-order valence-electron chi connectivity index (χ1n) is 7.28. The van der Waals surface area contributed by atoms with E-state index in [1.54, 1.807) is 12.1 Å². The number of hydrogen-bond donors (Lipinski definition) is 1. The van der Waals surface area contributed by atoms with Crippen LogP contribution in [0.15, 0.2) is 24.3 Å². The van der Waals surface area contributed by atoms with E-state index in [1.807, 2.05) is 6.07 Å². The number of halogens is 1. The molecule has 0 atom stereocenters. The number of para-hydroxylation sites is 1. The standard InChI is InChI=1S/C15H22FN3/c16-14-3-1-2-4-15(14)17-7-8-18-9-11-19(12-10-18)13-5-6-13/h1-4,13,17H,5-12H2. The van der Waals surface area contributed by atoms with Gasteiger partial charge in [-0.3, -0.25) is 9.80 Å². The first-order valence-corrected chi connectivity index (χ1v) is 7.28. The summed E-state index contributed by atoms with van der Waals surface area (Å²) in [5.74, 6) is -0.166. The summed E-state index contributed by atoms with van der Waals surface area (Å²) in [4.78, 5) is 5.08. The van der Waals surface area contributed by atoms with E-state index in [0.717, 1.165) is 32.2 Å². The summed E-state index contributed by atoms with van der Waals surface area (Å²) in [6.07, 6.45) is 2.80. The van der Waals surface area contributed by atoms with Crippen molar-refractivity contribution in [3.63, 3.8) is 0 Å². The lowest BCUT2D eigenvalue weighted by atomic mass is 10.3. The molecule has 0 aromatic heterocycles. The van der Waals surface area contributed by atoms with Crippen LogP contribution < -0.4 is 5.32 Å². The molecular weight excluding hydrogens is 241 g/mol. The van der Waals surface area contributed by atoms with Crippen molar-refractivity contribution in [2.75, 3.05) is 44.6 Å². The fourth-order valence-corrected chi connectivity index (χ4v) is 2.75. The third-order valence-corrected chi connectivity index (χ3v) is 4.09. The molecule has 19 heavy (non-hydrogen) atoms. The van der Waals surface area contributed by atoms with E-state index in [2.05, 4.69) is 15.1 Å². The minimum absolute atomic E-state index is 0.166. The van der Waals surface area contributed by atoms with Gasteiger partial charge in [-0.05, 0) is 25.0 Å². The molecule has 0 unspecified atom stereocenters. The van der Waals surface area contributed by atoms with Crippen LogP contribution in [0.25, 0.3) is 0 Å². The van der Waals surface area contributed by atoms with Gasteiger partial charge in [-0.25, -0.2) is 4.39 Å². The minimum Gasteiger partial charge on any atom is -0.381 e. The third-order valence-electron chi connectivity index (χ3n) is 4.09. The molecule has 1 saturated carbocycles. The smallest absolute Gasteiger partial charge is 0.146 e. The maximum absolute atomic E-state index is 13.4. The van der Waals surface area contributed by atoms with Crippen molar-refractivity contribution in [2.45, 2.75) is 18.9 Å². The molecule has 3 nitrogen and oxygen atoms in total. The fourth-order valence-electron chi connectivity index (χ4n) is 2.75. The van der Waals surface area contributed by atoms with Gasteiger partial charge in [-0.1, -0.05) is 12.1 Å². The molecule has 1 aliphatic heterocycles. The van der Waals surface area contributed by atoms with E-state index >= 15 is 0 Å². The molecular formula is C15H22FN3. The molecule has 104 valence electrons. The molecule has 0 radical (unpaired) electrons. The molecule has 0 bridgehead atoms. The first kappa shape index (κ1) is 12.9. The summed E-state index contributed by atoms with van der Waals surface area (Å²) in [5, 5.41) is 3.18. The lowest BCUT2D eigenvalue weighted by Crippen LogP contribution is -2.48. The average Bonchev–Trinajstić information content (AvgIpc) is 3.26. The van der Waals surface area contributed by atoms with Crippen molar-refractivity contribution in [3.05, 3.63) is 30.1 Å². The molecule has 2 fully saturated rings. The van der Waals surface area contributed by atoms with Gasteiger partial charge in [0.25, 0.3) is 0 Å². The van der Waals surface area contributed by atoms with Crippen LogP contribution in [0.3, 0.4) is 0 Å². The van der Waals surface area contributed by atoms with Gasteiger partial charge in [-0.2, -0.15) is 0 Å². The van der Waals surface area contributed by atoms with Crippen LogP contribution in [-0.4, -0.2) is 55.1 Å². The van der Waals surface area contributed by atoms with Crippen molar-refractivity contribution in [1.29, 1.82) is 0 Å². The van der Waals surface area contributed by atoms with E-state index in [1.165, 1.54) is 32.0 Å². The molecule has 1 heterocycles. The number of hydrogen-bond acceptors (Lipinski definition) is 3. The quantitative estimate of drug-likeness (QED) is 0.877. The molecule has 1 N–H and O–H groups in total. The molecule has 1 aromatic rings. The number of nitrogens with zero attached hydrogens (tertiary/aromatic N) is 2. The van der Waals surface area contributed by atoms with Gasteiger partial charge in [0.15, 0.2) is 0 Å². The van der Waals surface area contributed by atoms with Crippen LogP contribution in [0.2, 0.25) is 0 Å². The predicted molar refractivity (Wildman–Crippen MR) is 75.9 cm³/mol. The summed E-state index contributed by atoms with van der Waals surface area (Å²) < 4.78 is 13.4. The Morgan fingerprint density at radius 2 is 1.84 bits per heavy atom. The lowest BCUT2D eigenvalue weighted by molar-refractivity contribution is 0.130. The molecule has 4 heteroatoms. The maximum Gasteiger partial charge on any atom is 0.146 e. The Hall–Kier alpha value is -1.13. The van der Waals surface area contributed by atoms with Crippen molar-refractivity contribution in [2.24, 2.45) is 0 Å². The van der Waals surface area contributed by atoms with E-state index < -0.39 is 0 Å². The number of piperazine rings is 1. The first-order chi connectivity index (χ1) is 9.33. The van der Waals surface area contributed by atoms with Crippen LogP contribution in [0, 0.1) is 5.82 Å². The van der Waals surface area contributed by atoms with Gasteiger partial charge in [0.2, 0.25) is 0 Å². The second kappa shape index (κ2) is 5.88. The Kier molecular flexibility index (Phi) is 3.99. The van der Waals surface area contributed by atoms with Crippen molar-refractivity contribution >= 4 is 5.69 Å². The largest absolute Gasteiger partial charge is 0.381 e. The van der Waals surface area contributed by atoms with Gasteiger partial charge in [0, 0.05) is 45.3 Å². The zero-order valence-electron chi connectivity index (χ0n) is 11.3. The van der Waals surface area contributed by atoms with Gasteiger partial charge in [-0.15, -0.1) is 0 Å². The minimum atomic E-state index is -0.166. The Labute approximate surface area is 114 Å². The zero-order valence-corrected chi connectivity index (χ0v) is 11.3.